The van der Waals surface area contributed by atoms with Crippen LogP contribution in [0.4, 0.5) is 19.0 Å². The number of nitrogens with zero attached hydrogens (tertiary/aromatic N) is 4. The predicted molar refractivity (Wildman–Crippen MR) is 91.9 cm³/mol. The second-order valence-electron chi connectivity index (χ2n) is 7.27. The Kier molecular flexibility index (Phi) is 5.51. The lowest BCUT2D eigenvalue weighted by Gasteiger charge is -2.27. The highest BCUT2D eigenvalue weighted by Crippen LogP contribution is 2.31. The van der Waals surface area contributed by atoms with Gasteiger partial charge in [-0.25, -0.2) is 9.97 Å². The zero-order chi connectivity index (χ0) is 18.0. The first-order chi connectivity index (χ1) is 11.9. The molecular formula is C18H27F3N4. The molecule has 1 atom stereocenters. The van der Waals surface area contributed by atoms with Crippen LogP contribution >= 0.6 is 0 Å². The number of aryl methyl sites for hydroxylation is 2. The van der Waals surface area contributed by atoms with E-state index in [4.69, 9.17) is 0 Å². The Morgan fingerprint density at radius 3 is 2.68 bits per heavy atom. The average molecular weight is 356 g/mol. The van der Waals surface area contributed by atoms with Crippen LogP contribution in [-0.4, -0.2) is 53.8 Å². The summed E-state index contributed by atoms with van der Waals surface area (Å²) in [5, 5.41) is 0. The number of rotatable bonds is 5. The highest BCUT2D eigenvalue weighted by Gasteiger charge is 2.33. The van der Waals surface area contributed by atoms with Crippen LogP contribution in [-0.2, 0) is 12.8 Å². The first kappa shape index (κ1) is 18.4. The normalized spacial score (nSPS) is 21.0. The molecule has 2 aliphatic rings. The minimum Gasteiger partial charge on any atom is -0.356 e. The summed E-state index contributed by atoms with van der Waals surface area (Å²) < 4.78 is 38.0. The first-order valence-electron chi connectivity index (χ1n) is 9.26. The first-order valence-corrected chi connectivity index (χ1v) is 9.26. The number of fused-ring (bicyclic) bond motifs is 1. The van der Waals surface area contributed by atoms with Crippen LogP contribution in [0, 0.1) is 12.8 Å². The van der Waals surface area contributed by atoms with Gasteiger partial charge in [0.2, 0.25) is 0 Å². The molecule has 1 aliphatic carbocycles. The fourth-order valence-electron chi connectivity index (χ4n) is 4.05. The van der Waals surface area contributed by atoms with Crippen LogP contribution in [0.15, 0.2) is 0 Å². The van der Waals surface area contributed by atoms with Gasteiger partial charge >= 0.3 is 6.18 Å². The van der Waals surface area contributed by atoms with Crippen molar-refractivity contribution in [3.05, 3.63) is 17.1 Å². The van der Waals surface area contributed by atoms with E-state index >= 15 is 0 Å². The van der Waals surface area contributed by atoms with Crippen molar-refractivity contribution in [2.45, 2.75) is 52.1 Å². The van der Waals surface area contributed by atoms with Crippen LogP contribution in [0.25, 0.3) is 0 Å². The summed E-state index contributed by atoms with van der Waals surface area (Å²) in [5.41, 5.74) is 2.43. The third-order valence-electron chi connectivity index (χ3n) is 5.22. The predicted octanol–water partition coefficient (Wildman–Crippen LogP) is 3.37. The average Bonchev–Trinajstić information content (AvgIpc) is 3.00. The van der Waals surface area contributed by atoms with Crippen molar-refractivity contribution in [1.29, 1.82) is 0 Å². The summed E-state index contributed by atoms with van der Waals surface area (Å²) in [6.45, 7) is 5.49. The molecule has 1 aromatic rings. The molecule has 1 aliphatic heterocycles. The zero-order valence-corrected chi connectivity index (χ0v) is 15.1. The molecule has 1 saturated heterocycles. The van der Waals surface area contributed by atoms with E-state index in [0.717, 1.165) is 44.0 Å². The summed E-state index contributed by atoms with van der Waals surface area (Å²) >= 11 is 0. The van der Waals surface area contributed by atoms with E-state index in [0.29, 0.717) is 13.1 Å². The topological polar surface area (TPSA) is 32.3 Å². The molecule has 0 saturated carbocycles. The van der Waals surface area contributed by atoms with Gasteiger partial charge in [-0.2, -0.15) is 13.2 Å². The summed E-state index contributed by atoms with van der Waals surface area (Å²) in [4.78, 5) is 13.1. The number of hydrogen-bond donors (Lipinski definition) is 0. The second-order valence-corrected chi connectivity index (χ2v) is 7.27. The maximum absolute atomic E-state index is 12.7. The molecule has 0 N–H and O–H groups in total. The largest absolute Gasteiger partial charge is 0.401 e. The van der Waals surface area contributed by atoms with Crippen molar-refractivity contribution >= 4 is 5.82 Å². The molecule has 0 amide bonds. The summed E-state index contributed by atoms with van der Waals surface area (Å²) in [5.74, 6) is 2.09. The van der Waals surface area contributed by atoms with Gasteiger partial charge in [-0.1, -0.05) is 6.92 Å². The Bertz CT molecular complexity index is 603. The molecule has 1 fully saturated rings. The van der Waals surface area contributed by atoms with Crippen molar-refractivity contribution in [3.63, 3.8) is 0 Å². The summed E-state index contributed by atoms with van der Waals surface area (Å²) in [6.07, 6.45) is 1.16. The van der Waals surface area contributed by atoms with Gasteiger partial charge in [0.15, 0.2) is 0 Å². The number of anilines is 1. The van der Waals surface area contributed by atoms with Gasteiger partial charge in [-0.05, 0) is 51.5 Å². The lowest BCUT2D eigenvalue weighted by atomic mass is 9.96. The molecule has 0 radical (unpaired) electrons. The van der Waals surface area contributed by atoms with Crippen molar-refractivity contribution in [1.82, 2.24) is 14.9 Å². The highest BCUT2D eigenvalue weighted by molar-refractivity contribution is 5.51. The molecule has 7 heteroatoms. The molecular weight excluding hydrogens is 329 g/mol. The standard InChI is InChI=1S/C18H27F3N4/c1-3-24(12-18(19,20)21)10-14-8-9-25(11-14)17-15-6-4-5-7-16(15)22-13(2)23-17/h14H,3-12H2,1-2H3. The molecule has 0 aromatic carbocycles. The van der Waals surface area contributed by atoms with Gasteiger partial charge in [0.05, 0.1) is 6.54 Å². The smallest absolute Gasteiger partial charge is 0.356 e. The van der Waals surface area contributed by atoms with Gasteiger partial charge in [0.1, 0.15) is 11.6 Å². The lowest BCUT2D eigenvalue weighted by molar-refractivity contribution is -0.146. The Morgan fingerprint density at radius 2 is 1.96 bits per heavy atom. The quantitative estimate of drug-likeness (QED) is 0.810. The number of halogens is 3. The molecule has 1 aromatic heterocycles. The van der Waals surface area contributed by atoms with Crippen molar-refractivity contribution in [3.8, 4) is 0 Å². The highest BCUT2D eigenvalue weighted by atomic mass is 19.4. The fraction of sp³-hybridized carbons (Fsp3) is 0.778. The molecule has 4 nitrogen and oxygen atoms in total. The third kappa shape index (κ3) is 4.63. The van der Waals surface area contributed by atoms with Gasteiger partial charge in [-0.15, -0.1) is 0 Å². The fourth-order valence-corrected chi connectivity index (χ4v) is 4.05. The number of hydrogen-bond acceptors (Lipinski definition) is 4. The monoisotopic (exact) mass is 356 g/mol. The van der Waals surface area contributed by atoms with E-state index in [-0.39, 0.29) is 5.92 Å². The number of alkyl halides is 3. The van der Waals surface area contributed by atoms with Crippen molar-refractivity contribution < 1.29 is 13.2 Å². The van der Waals surface area contributed by atoms with E-state index in [1.165, 1.54) is 29.0 Å². The van der Waals surface area contributed by atoms with Gasteiger partial charge in [-0.3, -0.25) is 4.90 Å². The SMILES string of the molecule is CCN(CC1CCN(c2nc(C)nc3c2CCCC3)C1)CC(F)(F)F. The number of aromatic nitrogens is 2. The van der Waals surface area contributed by atoms with Crippen LogP contribution in [0.3, 0.4) is 0 Å². The molecule has 0 spiro atoms. The second kappa shape index (κ2) is 7.48. The Morgan fingerprint density at radius 1 is 1.20 bits per heavy atom. The lowest BCUT2D eigenvalue weighted by Crippen LogP contribution is -2.38. The molecule has 140 valence electrons. The van der Waals surface area contributed by atoms with Crippen LogP contribution < -0.4 is 4.90 Å². The van der Waals surface area contributed by atoms with E-state index in [1.54, 1.807) is 6.92 Å². The summed E-state index contributed by atoms with van der Waals surface area (Å²) in [6, 6.07) is 0. The molecule has 25 heavy (non-hydrogen) atoms. The van der Waals surface area contributed by atoms with Crippen molar-refractivity contribution in [2.75, 3.05) is 37.6 Å². The van der Waals surface area contributed by atoms with Gasteiger partial charge < -0.3 is 4.90 Å². The summed E-state index contributed by atoms with van der Waals surface area (Å²) in [7, 11) is 0. The zero-order valence-electron chi connectivity index (χ0n) is 15.1. The molecule has 2 heterocycles. The van der Waals surface area contributed by atoms with E-state index < -0.39 is 12.7 Å². The van der Waals surface area contributed by atoms with E-state index in [9.17, 15) is 13.2 Å². The van der Waals surface area contributed by atoms with Crippen LogP contribution in [0.2, 0.25) is 0 Å². The van der Waals surface area contributed by atoms with Gasteiger partial charge in [0.25, 0.3) is 0 Å². The minimum atomic E-state index is -4.13. The molecule has 3 rings (SSSR count). The van der Waals surface area contributed by atoms with Crippen molar-refractivity contribution in [2.24, 2.45) is 5.92 Å². The van der Waals surface area contributed by atoms with Crippen LogP contribution in [0.5, 0.6) is 0 Å². The minimum absolute atomic E-state index is 0.261. The Balaban J connectivity index is 1.68. The molecule has 1 unspecified atom stereocenters. The third-order valence-corrected chi connectivity index (χ3v) is 5.22. The Hall–Kier alpha value is -1.37. The van der Waals surface area contributed by atoms with Gasteiger partial charge in [0, 0.05) is 30.9 Å². The molecule has 0 bridgehead atoms. The maximum atomic E-state index is 12.7. The van der Waals surface area contributed by atoms with E-state index in [2.05, 4.69) is 14.9 Å². The maximum Gasteiger partial charge on any atom is 0.401 e. The van der Waals surface area contributed by atoms with E-state index in [1.807, 2.05) is 6.92 Å². The Labute approximate surface area is 147 Å². The van der Waals surface area contributed by atoms with Crippen LogP contribution in [0.1, 0.15) is 43.3 Å².